The molecule has 0 saturated heterocycles. The zero-order valence-corrected chi connectivity index (χ0v) is 11.7. The molecule has 0 aliphatic rings. The van der Waals surface area contributed by atoms with Crippen LogP contribution in [0.15, 0.2) is 0 Å². The van der Waals surface area contributed by atoms with E-state index in [1.54, 1.807) is 0 Å². The van der Waals surface area contributed by atoms with Gasteiger partial charge in [-0.2, -0.15) is 0 Å². The van der Waals surface area contributed by atoms with Crippen LogP contribution in [0.2, 0.25) is 0 Å². The molecule has 1 N–H and O–H groups in total. The number of hydrogen-bond donors (Lipinski definition) is 1. The summed E-state index contributed by atoms with van der Waals surface area (Å²) in [5.74, 6) is 0.443. The van der Waals surface area contributed by atoms with Crippen LogP contribution >= 0.6 is 11.6 Å². The van der Waals surface area contributed by atoms with Gasteiger partial charge < -0.3 is 0 Å². The van der Waals surface area contributed by atoms with Gasteiger partial charge in [-0.15, -0.1) is 11.6 Å². The standard InChI is InChI=1S/C10H22ClNO2S/c1-8(6-11)7-15(13,14)12-9(2)10(3,4)5/h8-9,12H,6-7H2,1-5H3. The van der Waals surface area contributed by atoms with E-state index in [0.29, 0.717) is 5.88 Å². The largest absolute Gasteiger partial charge is 0.212 e. The number of alkyl halides is 1. The van der Waals surface area contributed by atoms with Gasteiger partial charge in [0.25, 0.3) is 0 Å². The van der Waals surface area contributed by atoms with Gasteiger partial charge in [-0.1, -0.05) is 27.7 Å². The van der Waals surface area contributed by atoms with Gasteiger partial charge in [-0.05, 0) is 18.3 Å². The molecule has 0 saturated carbocycles. The Bertz CT molecular complexity index is 282. The molecule has 0 aromatic heterocycles. The summed E-state index contributed by atoms with van der Waals surface area (Å²) in [6, 6.07) is -0.0787. The Labute approximate surface area is 98.6 Å². The second-order valence-corrected chi connectivity index (χ2v) is 7.35. The van der Waals surface area contributed by atoms with Gasteiger partial charge in [0.2, 0.25) is 10.0 Å². The minimum atomic E-state index is -3.21. The highest BCUT2D eigenvalue weighted by molar-refractivity contribution is 7.89. The van der Waals surface area contributed by atoms with Crippen molar-refractivity contribution in [3.05, 3.63) is 0 Å². The lowest BCUT2D eigenvalue weighted by Crippen LogP contribution is -2.43. The molecular formula is C10H22ClNO2S. The van der Waals surface area contributed by atoms with Crippen molar-refractivity contribution in [2.75, 3.05) is 11.6 Å². The van der Waals surface area contributed by atoms with E-state index in [0.717, 1.165) is 0 Å². The smallest absolute Gasteiger partial charge is 0.212 e. The molecule has 0 amide bonds. The predicted molar refractivity (Wildman–Crippen MR) is 65.7 cm³/mol. The fraction of sp³-hybridized carbons (Fsp3) is 1.00. The first-order chi connectivity index (χ1) is 6.58. The van der Waals surface area contributed by atoms with Crippen LogP contribution in [-0.4, -0.2) is 26.1 Å². The summed E-state index contributed by atoms with van der Waals surface area (Å²) in [6.45, 7) is 9.72. The lowest BCUT2D eigenvalue weighted by atomic mass is 9.89. The van der Waals surface area contributed by atoms with Crippen LogP contribution in [-0.2, 0) is 10.0 Å². The van der Waals surface area contributed by atoms with Crippen molar-refractivity contribution in [1.82, 2.24) is 4.72 Å². The van der Waals surface area contributed by atoms with Crippen LogP contribution in [0.3, 0.4) is 0 Å². The summed E-state index contributed by atoms with van der Waals surface area (Å²) in [5.41, 5.74) is -0.0722. The summed E-state index contributed by atoms with van der Waals surface area (Å²) in [4.78, 5) is 0. The molecule has 0 bridgehead atoms. The number of sulfonamides is 1. The minimum absolute atomic E-state index is 0.0173. The van der Waals surface area contributed by atoms with E-state index in [1.165, 1.54) is 0 Å². The molecule has 2 unspecified atom stereocenters. The topological polar surface area (TPSA) is 46.2 Å². The molecule has 0 rings (SSSR count). The van der Waals surface area contributed by atoms with Crippen LogP contribution in [0.4, 0.5) is 0 Å². The van der Waals surface area contributed by atoms with Gasteiger partial charge in [-0.25, -0.2) is 13.1 Å². The Kier molecular flexibility index (Phi) is 5.58. The molecule has 2 atom stereocenters. The predicted octanol–water partition coefficient (Wildman–Crippen LogP) is 2.22. The van der Waals surface area contributed by atoms with E-state index in [-0.39, 0.29) is 23.1 Å². The van der Waals surface area contributed by atoms with Gasteiger partial charge >= 0.3 is 0 Å². The first-order valence-corrected chi connectivity index (χ1v) is 7.33. The van der Waals surface area contributed by atoms with E-state index in [4.69, 9.17) is 11.6 Å². The van der Waals surface area contributed by atoms with Crippen LogP contribution in [0.1, 0.15) is 34.6 Å². The van der Waals surface area contributed by atoms with Crippen molar-refractivity contribution in [1.29, 1.82) is 0 Å². The third-order valence-corrected chi connectivity index (χ3v) is 4.67. The summed E-state index contributed by atoms with van der Waals surface area (Å²) in [6.07, 6.45) is 0. The Morgan fingerprint density at radius 3 is 2.07 bits per heavy atom. The molecule has 0 aliphatic heterocycles. The molecule has 0 radical (unpaired) electrons. The summed E-state index contributed by atoms with van der Waals surface area (Å²) >= 11 is 5.59. The SMILES string of the molecule is CC(CCl)CS(=O)(=O)NC(C)C(C)(C)C. The van der Waals surface area contributed by atoms with E-state index >= 15 is 0 Å². The van der Waals surface area contributed by atoms with Crippen molar-refractivity contribution in [2.45, 2.75) is 40.7 Å². The molecule has 92 valence electrons. The summed E-state index contributed by atoms with van der Waals surface area (Å²) in [7, 11) is -3.21. The molecule has 15 heavy (non-hydrogen) atoms. The average molecular weight is 256 g/mol. The third-order valence-electron chi connectivity index (χ3n) is 2.42. The summed E-state index contributed by atoms with van der Waals surface area (Å²) < 4.78 is 26.0. The van der Waals surface area contributed by atoms with Gasteiger partial charge in [0.1, 0.15) is 0 Å². The highest BCUT2D eigenvalue weighted by atomic mass is 35.5. The zero-order valence-electron chi connectivity index (χ0n) is 10.2. The molecule has 0 spiro atoms. The van der Waals surface area contributed by atoms with Crippen LogP contribution < -0.4 is 4.72 Å². The van der Waals surface area contributed by atoms with Crippen molar-refractivity contribution < 1.29 is 8.42 Å². The van der Waals surface area contributed by atoms with Gasteiger partial charge in [-0.3, -0.25) is 0 Å². The molecule has 0 aromatic carbocycles. The molecule has 0 aromatic rings. The van der Waals surface area contributed by atoms with E-state index in [1.807, 2.05) is 34.6 Å². The van der Waals surface area contributed by atoms with Crippen molar-refractivity contribution >= 4 is 21.6 Å². The lowest BCUT2D eigenvalue weighted by molar-refractivity contribution is 0.317. The lowest BCUT2D eigenvalue weighted by Gasteiger charge is -2.28. The van der Waals surface area contributed by atoms with Gasteiger partial charge in [0.15, 0.2) is 0 Å². The molecule has 0 heterocycles. The van der Waals surface area contributed by atoms with E-state index in [9.17, 15) is 8.42 Å². The maximum Gasteiger partial charge on any atom is 0.212 e. The first kappa shape index (κ1) is 15.2. The monoisotopic (exact) mass is 255 g/mol. The Morgan fingerprint density at radius 1 is 1.27 bits per heavy atom. The maximum atomic E-state index is 11.7. The van der Waals surface area contributed by atoms with Crippen molar-refractivity contribution in [2.24, 2.45) is 11.3 Å². The highest BCUT2D eigenvalue weighted by Crippen LogP contribution is 2.19. The van der Waals surface area contributed by atoms with Crippen molar-refractivity contribution in [3.8, 4) is 0 Å². The molecular weight excluding hydrogens is 234 g/mol. The van der Waals surface area contributed by atoms with Crippen LogP contribution in [0.5, 0.6) is 0 Å². The summed E-state index contributed by atoms with van der Waals surface area (Å²) in [5, 5.41) is 0. The third kappa shape index (κ3) is 6.38. The van der Waals surface area contributed by atoms with Crippen LogP contribution in [0, 0.1) is 11.3 Å². The fourth-order valence-electron chi connectivity index (χ4n) is 0.913. The second kappa shape index (κ2) is 5.51. The zero-order chi connectivity index (χ0) is 12.3. The van der Waals surface area contributed by atoms with E-state index < -0.39 is 10.0 Å². The van der Waals surface area contributed by atoms with Crippen LogP contribution in [0.25, 0.3) is 0 Å². The normalized spacial score (nSPS) is 17.5. The Hall–Kier alpha value is 0.200. The number of nitrogens with one attached hydrogen (secondary N) is 1. The molecule has 0 fully saturated rings. The first-order valence-electron chi connectivity index (χ1n) is 5.14. The Morgan fingerprint density at radius 2 is 1.73 bits per heavy atom. The Balaban J connectivity index is 4.40. The number of halogens is 1. The molecule has 5 heteroatoms. The number of rotatable bonds is 5. The molecule has 3 nitrogen and oxygen atoms in total. The number of hydrogen-bond acceptors (Lipinski definition) is 2. The quantitative estimate of drug-likeness (QED) is 0.766. The average Bonchev–Trinajstić information content (AvgIpc) is 2.00. The maximum absolute atomic E-state index is 11.7. The highest BCUT2D eigenvalue weighted by Gasteiger charge is 2.25. The van der Waals surface area contributed by atoms with Gasteiger partial charge in [0, 0.05) is 11.9 Å². The van der Waals surface area contributed by atoms with Crippen molar-refractivity contribution in [3.63, 3.8) is 0 Å². The fourth-order valence-corrected chi connectivity index (χ4v) is 3.01. The van der Waals surface area contributed by atoms with Gasteiger partial charge in [0.05, 0.1) is 5.75 Å². The van der Waals surface area contributed by atoms with E-state index in [2.05, 4.69) is 4.72 Å². The minimum Gasteiger partial charge on any atom is -0.212 e. The molecule has 0 aliphatic carbocycles. The second-order valence-electron chi connectivity index (χ2n) is 5.25.